The van der Waals surface area contributed by atoms with Gasteiger partial charge in [-0.1, -0.05) is 12.8 Å². The zero-order valence-corrected chi connectivity index (χ0v) is 13.9. The Morgan fingerprint density at radius 3 is 2.67 bits per heavy atom. The van der Waals surface area contributed by atoms with Crippen LogP contribution < -0.4 is 15.4 Å². The summed E-state index contributed by atoms with van der Waals surface area (Å²) < 4.78 is 9.80. The molecular formula is C18H24N2O4. The van der Waals surface area contributed by atoms with Crippen LogP contribution in [0.5, 0.6) is 5.75 Å². The largest absolute Gasteiger partial charge is 0.482 e. The van der Waals surface area contributed by atoms with Crippen molar-refractivity contribution < 1.29 is 19.1 Å². The molecule has 130 valence electrons. The highest BCUT2D eigenvalue weighted by molar-refractivity contribution is 5.95. The van der Waals surface area contributed by atoms with Crippen LogP contribution in [0, 0.1) is 5.92 Å². The second-order valence-corrected chi connectivity index (χ2v) is 6.48. The Bertz CT molecular complexity index is 573. The first kappa shape index (κ1) is 16.8. The van der Waals surface area contributed by atoms with Crippen LogP contribution >= 0.6 is 0 Å². The van der Waals surface area contributed by atoms with Gasteiger partial charge in [0, 0.05) is 11.7 Å². The molecule has 3 unspecified atom stereocenters. The van der Waals surface area contributed by atoms with E-state index < -0.39 is 5.97 Å². The molecule has 1 saturated carbocycles. The molecule has 0 aromatic heterocycles. The Balaban J connectivity index is 1.50. The molecule has 1 aromatic rings. The minimum atomic E-state index is -0.429. The first-order valence-electron chi connectivity index (χ1n) is 8.52. The van der Waals surface area contributed by atoms with E-state index in [1.165, 1.54) is 32.8 Å². The molecule has 1 amide bonds. The maximum Gasteiger partial charge on any atom is 0.343 e. The van der Waals surface area contributed by atoms with Gasteiger partial charge in [-0.2, -0.15) is 0 Å². The normalized spacial score (nSPS) is 25.6. The predicted molar refractivity (Wildman–Crippen MR) is 89.9 cm³/mol. The number of carbonyl (C=O) groups excluding carboxylic acids is 2. The van der Waals surface area contributed by atoms with Gasteiger partial charge in [-0.3, -0.25) is 4.79 Å². The molecule has 2 aliphatic rings. The number of benzene rings is 1. The van der Waals surface area contributed by atoms with E-state index in [4.69, 9.17) is 4.74 Å². The van der Waals surface area contributed by atoms with E-state index >= 15 is 0 Å². The van der Waals surface area contributed by atoms with Gasteiger partial charge in [0.15, 0.2) is 6.61 Å². The second-order valence-electron chi connectivity index (χ2n) is 6.48. The minimum Gasteiger partial charge on any atom is -0.482 e. The van der Waals surface area contributed by atoms with Gasteiger partial charge in [-0.15, -0.1) is 0 Å². The van der Waals surface area contributed by atoms with Gasteiger partial charge in [-0.25, -0.2) is 4.79 Å². The molecule has 6 nitrogen and oxygen atoms in total. The highest BCUT2D eigenvalue weighted by Gasteiger charge is 2.38. The van der Waals surface area contributed by atoms with E-state index in [1.54, 1.807) is 24.3 Å². The van der Waals surface area contributed by atoms with Crippen LogP contribution in [0.2, 0.25) is 0 Å². The number of hydrogen-bond donors (Lipinski definition) is 2. The highest BCUT2D eigenvalue weighted by atomic mass is 16.6. The van der Waals surface area contributed by atoms with E-state index in [2.05, 4.69) is 15.4 Å². The van der Waals surface area contributed by atoms with Crippen LogP contribution in [0.1, 0.15) is 32.1 Å². The lowest BCUT2D eigenvalue weighted by Crippen LogP contribution is -2.39. The second kappa shape index (κ2) is 7.66. The van der Waals surface area contributed by atoms with Crippen LogP contribution in [-0.2, 0) is 14.3 Å². The predicted octanol–water partition coefficient (Wildman–Crippen LogP) is 2.10. The van der Waals surface area contributed by atoms with E-state index in [-0.39, 0.29) is 18.6 Å². The summed E-state index contributed by atoms with van der Waals surface area (Å²) in [5.74, 6) is 0.792. The Morgan fingerprint density at radius 2 is 1.96 bits per heavy atom. The topological polar surface area (TPSA) is 76.7 Å². The standard InChI is InChI=1S/C18H24N2O4/c1-23-17(21)11-24-14-8-6-13(7-9-14)19-18(22)16-10-12-4-2-3-5-15(12)20-16/h6-9,12,15-16,20H,2-5,10-11H2,1H3,(H,19,22). The molecule has 24 heavy (non-hydrogen) atoms. The van der Waals surface area contributed by atoms with Crippen LogP contribution in [0.3, 0.4) is 0 Å². The molecule has 0 spiro atoms. The zero-order chi connectivity index (χ0) is 16.9. The molecule has 2 fully saturated rings. The molecule has 1 aliphatic carbocycles. The van der Waals surface area contributed by atoms with Gasteiger partial charge in [0.25, 0.3) is 0 Å². The average molecular weight is 332 g/mol. The number of methoxy groups -OCH3 is 1. The van der Waals surface area contributed by atoms with Gasteiger partial charge in [0.05, 0.1) is 13.2 Å². The number of anilines is 1. The van der Waals surface area contributed by atoms with Crippen LogP contribution in [0.15, 0.2) is 24.3 Å². The van der Waals surface area contributed by atoms with Crippen molar-refractivity contribution in [2.24, 2.45) is 5.92 Å². The monoisotopic (exact) mass is 332 g/mol. The Kier molecular flexibility index (Phi) is 5.35. The number of fused-ring (bicyclic) bond motifs is 1. The summed E-state index contributed by atoms with van der Waals surface area (Å²) in [7, 11) is 1.32. The van der Waals surface area contributed by atoms with E-state index in [0.717, 1.165) is 12.1 Å². The third kappa shape index (κ3) is 4.06. The molecule has 3 atom stereocenters. The van der Waals surface area contributed by atoms with Crippen molar-refractivity contribution in [3.63, 3.8) is 0 Å². The number of nitrogens with one attached hydrogen (secondary N) is 2. The smallest absolute Gasteiger partial charge is 0.343 e. The Hall–Kier alpha value is -2.08. The maximum atomic E-state index is 12.4. The molecule has 1 aliphatic heterocycles. The molecular weight excluding hydrogens is 308 g/mol. The number of hydrogen-bond acceptors (Lipinski definition) is 5. The fraction of sp³-hybridized carbons (Fsp3) is 0.556. The van der Waals surface area contributed by atoms with Crippen molar-refractivity contribution >= 4 is 17.6 Å². The summed E-state index contributed by atoms with van der Waals surface area (Å²) in [5, 5.41) is 6.42. The lowest BCUT2D eigenvalue weighted by atomic mass is 9.85. The summed E-state index contributed by atoms with van der Waals surface area (Å²) in [6, 6.07) is 7.39. The molecule has 3 rings (SSSR count). The summed E-state index contributed by atoms with van der Waals surface area (Å²) in [6.07, 6.45) is 5.88. The van der Waals surface area contributed by atoms with Crippen molar-refractivity contribution in [1.82, 2.24) is 5.32 Å². The van der Waals surface area contributed by atoms with Crippen LogP contribution in [0.25, 0.3) is 0 Å². The Morgan fingerprint density at radius 1 is 1.21 bits per heavy atom. The highest BCUT2D eigenvalue weighted by Crippen LogP contribution is 2.33. The van der Waals surface area contributed by atoms with Crippen LogP contribution in [-0.4, -0.2) is 37.7 Å². The number of amides is 1. The van der Waals surface area contributed by atoms with Gasteiger partial charge >= 0.3 is 5.97 Å². The van der Waals surface area contributed by atoms with E-state index in [9.17, 15) is 9.59 Å². The summed E-state index contributed by atoms with van der Waals surface area (Å²) in [4.78, 5) is 23.5. The number of esters is 1. The molecule has 2 N–H and O–H groups in total. The SMILES string of the molecule is COC(=O)COc1ccc(NC(=O)C2CC3CCCCC3N2)cc1. The first-order valence-corrected chi connectivity index (χ1v) is 8.52. The summed E-state index contributed by atoms with van der Waals surface area (Å²) in [6.45, 7) is -0.128. The minimum absolute atomic E-state index is 0.0210. The molecule has 6 heteroatoms. The summed E-state index contributed by atoms with van der Waals surface area (Å²) >= 11 is 0. The zero-order valence-electron chi connectivity index (χ0n) is 13.9. The number of carbonyl (C=O) groups is 2. The Labute approximate surface area is 141 Å². The number of rotatable bonds is 5. The molecule has 0 radical (unpaired) electrons. The van der Waals surface area contributed by atoms with Crippen molar-refractivity contribution in [1.29, 1.82) is 0 Å². The molecule has 1 aromatic carbocycles. The molecule has 1 saturated heterocycles. The summed E-state index contributed by atoms with van der Waals surface area (Å²) in [5.41, 5.74) is 0.724. The average Bonchev–Trinajstić information content (AvgIpc) is 3.05. The third-order valence-corrected chi connectivity index (χ3v) is 4.89. The fourth-order valence-corrected chi connectivity index (χ4v) is 3.59. The van der Waals surface area contributed by atoms with E-state index in [1.807, 2.05) is 0 Å². The quantitative estimate of drug-likeness (QED) is 0.808. The number of ether oxygens (including phenoxy) is 2. The van der Waals surface area contributed by atoms with Crippen molar-refractivity contribution in [2.75, 3.05) is 19.0 Å². The van der Waals surface area contributed by atoms with Gasteiger partial charge in [0.2, 0.25) is 5.91 Å². The lowest BCUT2D eigenvalue weighted by Gasteiger charge is -2.24. The molecule has 1 heterocycles. The van der Waals surface area contributed by atoms with Crippen LogP contribution in [0.4, 0.5) is 5.69 Å². The van der Waals surface area contributed by atoms with Gasteiger partial charge in [-0.05, 0) is 49.4 Å². The first-order chi connectivity index (χ1) is 11.7. The van der Waals surface area contributed by atoms with Crippen molar-refractivity contribution in [3.8, 4) is 5.75 Å². The maximum absolute atomic E-state index is 12.4. The fourth-order valence-electron chi connectivity index (χ4n) is 3.59. The third-order valence-electron chi connectivity index (χ3n) is 4.89. The van der Waals surface area contributed by atoms with Crippen molar-refractivity contribution in [2.45, 2.75) is 44.2 Å². The lowest BCUT2D eigenvalue weighted by molar-refractivity contribution is -0.142. The van der Waals surface area contributed by atoms with E-state index in [0.29, 0.717) is 17.7 Å². The molecule has 0 bridgehead atoms. The van der Waals surface area contributed by atoms with Crippen molar-refractivity contribution in [3.05, 3.63) is 24.3 Å². The van der Waals surface area contributed by atoms with Gasteiger partial charge in [0.1, 0.15) is 5.75 Å². The van der Waals surface area contributed by atoms with Gasteiger partial charge < -0.3 is 20.1 Å².